The second-order valence-electron chi connectivity index (χ2n) is 9.96. The summed E-state index contributed by atoms with van der Waals surface area (Å²) >= 11 is 1.53. The maximum Gasteiger partial charge on any atom is 0.270 e. The first-order chi connectivity index (χ1) is 17.4. The van der Waals surface area contributed by atoms with Gasteiger partial charge in [-0.25, -0.2) is 4.68 Å². The maximum absolute atomic E-state index is 11.4. The van der Waals surface area contributed by atoms with Crippen LogP contribution in [0.3, 0.4) is 0 Å². The van der Waals surface area contributed by atoms with E-state index in [9.17, 15) is 10.1 Å². The van der Waals surface area contributed by atoms with Crippen molar-refractivity contribution in [2.75, 3.05) is 11.9 Å². The molecular weight excluding hydrogens is 470 g/mol. The predicted molar refractivity (Wildman–Crippen MR) is 147 cm³/mol. The van der Waals surface area contributed by atoms with Crippen molar-refractivity contribution in [1.29, 1.82) is 0 Å². The van der Waals surface area contributed by atoms with Gasteiger partial charge in [0.25, 0.3) is 5.69 Å². The van der Waals surface area contributed by atoms with Crippen molar-refractivity contribution in [3.05, 3.63) is 86.2 Å². The standard InChI is InChI=1S/C28H31N5O2S/c1-28(2)23-14-7-8-15-24(23)31(3)26(28)16-17-29-32-25(20-10-9-13-22(18-20)33(34)35)19-36-27(32)30-21-11-5-4-6-12-21/h7-10,13-19,21H,4-6,11-12H2,1-3H3. The van der Waals surface area contributed by atoms with Crippen molar-refractivity contribution >= 4 is 28.9 Å². The number of benzene rings is 2. The minimum Gasteiger partial charge on any atom is -0.347 e. The highest BCUT2D eigenvalue weighted by atomic mass is 32.1. The molecule has 0 bridgehead atoms. The molecular formula is C28H31N5O2S. The summed E-state index contributed by atoms with van der Waals surface area (Å²) in [4.78, 5) is 19.1. The first kappa shape index (κ1) is 24.2. The third-order valence-electron chi connectivity index (χ3n) is 7.26. The molecule has 0 radical (unpaired) electrons. The zero-order chi connectivity index (χ0) is 25.3. The van der Waals surface area contributed by atoms with Gasteiger partial charge in [0, 0.05) is 53.1 Å². The highest BCUT2D eigenvalue weighted by Crippen LogP contribution is 2.46. The predicted octanol–water partition coefficient (Wildman–Crippen LogP) is 6.50. The van der Waals surface area contributed by atoms with Crippen molar-refractivity contribution in [2.24, 2.45) is 10.1 Å². The van der Waals surface area contributed by atoms with Crippen LogP contribution in [0.5, 0.6) is 0 Å². The van der Waals surface area contributed by atoms with Gasteiger partial charge in [0.05, 0.1) is 16.7 Å². The molecule has 0 atom stereocenters. The number of hydrogen-bond acceptors (Lipinski definition) is 6. The molecule has 1 aliphatic carbocycles. The molecule has 7 nitrogen and oxygen atoms in total. The number of thiazole rings is 1. The van der Waals surface area contributed by atoms with Crippen LogP contribution in [0.2, 0.25) is 0 Å². The van der Waals surface area contributed by atoms with Crippen LogP contribution in [0.1, 0.15) is 51.5 Å². The molecule has 2 heterocycles. The van der Waals surface area contributed by atoms with E-state index in [4.69, 9.17) is 10.1 Å². The van der Waals surface area contributed by atoms with E-state index in [0.29, 0.717) is 6.04 Å². The summed E-state index contributed by atoms with van der Waals surface area (Å²) < 4.78 is 1.84. The summed E-state index contributed by atoms with van der Waals surface area (Å²) in [6.07, 6.45) is 9.75. The lowest BCUT2D eigenvalue weighted by Crippen LogP contribution is -2.23. The topological polar surface area (TPSA) is 76.0 Å². The second-order valence-corrected chi connectivity index (χ2v) is 10.8. The number of rotatable bonds is 5. The number of non-ortho nitro benzene ring substituents is 1. The molecule has 0 unspecified atom stereocenters. The summed E-state index contributed by atoms with van der Waals surface area (Å²) in [6.45, 7) is 4.45. The second kappa shape index (κ2) is 9.85. The SMILES string of the molecule is CN1C(=CC=Nn2c(-c3cccc([N+](=O)[O-])c3)csc2=NC2CCCCC2)C(C)(C)c2ccccc21. The van der Waals surface area contributed by atoms with Crippen molar-refractivity contribution in [3.63, 3.8) is 0 Å². The van der Waals surface area contributed by atoms with Crippen molar-refractivity contribution in [1.82, 2.24) is 4.68 Å². The van der Waals surface area contributed by atoms with E-state index >= 15 is 0 Å². The lowest BCUT2D eigenvalue weighted by molar-refractivity contribution is -0.384. The van der Waals surface area contributed by atoms with Crippen molar-refractivity contribution in [3.8, 4) is 11.3 Å². The van der Waals surface area contributed by atoms with Gasteiger partial charge >= 0.3 is 0 Å². The Kier molecular flexibility index (Phi) is 6.62. The summed E-state index contributed by atoms with van der Waals surface area (Å²) in [5.74, 6) is 0. The Hall–Kier alpha value is -3.52. The fraction of sp³-hybridized carbons (Fsp3) is 0.357. The summed E-state index contributed by atoms with van der Waals surface area (Å²) in [5, 5.41) is 18.2. The lowest BCUT2D eigenvalue weighted by atomic mass is 9.84. The van der Waals surface area contributed by atoms with Crippen LogP contribution in [0.25, 0.3) is 11.3 Å². The molecule has 1 saturated carbocycles. The number of aromatic nitrogens is 1. The van der Waals surface area contributed by atoms with Gasteiger partial charge in [-0.05, 0) is 30.5 Å². The normalized spacial score (nSPS) is 19.4. The number of hydrogen-bond donors (Lipinski definition) is 0. The Morgan fingerprint density at radius 1 is 1.11 bits per heavy atom. The molecule has 1 fully saturated rings. The zero-order valence-electron chi connectivity index (χ0n) is 20.9. The average molecular weight is 502 g/mol. The Bertz CT molecular complexity index is 1410. The Morgan fingerprint density at radius 3 is 2.64 bits per heavy atom. The number of nitro groups is 1. The van der Waals surface area contributed by atoms with Gasteiger partial charge in [-0.15, -0.1) is 11.3 Å². The summed E-state index contributed by atoms with van der Waals surface area (Å²) in [6, 6.07) is 15.5. The summed E-state index contributed by atoms with van der Waals surface area (Å²) in [7, 11) is 2.09. The molecule has 0 saturated heterocycles. The fourth-order valence-corrected chi connectivity index (χ4v) is 6.22. The van der Waals surface area contributed by atoms with E-state index in [0.717, 1.165) is 34.6 Å². The average Bonchev–Trinajstić information content (AvgIpc) is 3.36. The van der Waals surface area contributed by atoms with Gasteiger partial charge in [0.1, 0.15) is 0 Å². The van der Waals surface area contributed by atoms with Crippen LogP contribution in [-0.4, -0.2) is 28.9 Å². The van der Waals surface area contributed by atoms with Gasteiger partial charge in [-0.1, -0.05) is 63.4 Å². The zero-order valence-corrected chi connectivity index (χ0v) is 21.7. The molecule has 1 aromatic heterocycles. The Morgan fingerprint density at radius 2 is 1.89 bits per heavy atom. The van der Waals surface area contributed by atoms with Crippen molar-refractivity contribution in [2.45, 2.75) is 57.4 Å². The third-order valence-corrected chi connectivity index (χ3v) is 8.09. The van der Waals surface area contributed by atoms with E-state index < -0.39 is 0 Å². The van der Waals surface area contributed by atoms with Crippen molar-refractivity contribution < 1.29 is 4.92 Å². The van der Waals surface area contributed by atoms with Gasteiger partial charge < -0.3 is 4.90 Å². The van der Waals surface area contributed by atoms with Crippen LogP contribution >= 0.6 is 11.3 Å². The highest BCUT2D eigenvalue weighted by molar-refractivity contribution is 7.07. The van der Waals surface area contributed by atoms with E-state index in [1.807, 2.05) is 22.3 Å². The molecule has 3 aromatic rings. The lowest BCUT2D eigenvalue weighted by Gasteiger charge is -2.23. The van der Waals surface area contributed by atoms with Gasteiger partial charge in [-0.2, -0.15) is 5.10 Å². The molecule has 36 heavy (non-hydrogen) atoms. The van der Waals surface area contributed by atoms with Crippen LogP contribution in [0, 0.1) is 10.1 Å². The minimum atomic E-state index is -0.364. The molecule has 0 amide bonds. The Labute approximate surface area is 215 Å². The van der Waals surface area contributed by atoms with Gasteiger partial charge in [-0.3, -0.25) is 15.1 Å². The molecule has 5 rings (SSSR count). The number of para-hydroxylation sites is 1. The number of nitrogens with zero attached hydrogens (tertiary/aromatic N) is 5. The monoisotopic (exact) mass is 501 g/mol. The maximum atomic E-state index is 11.4. The molecule has 0 spiro atoms. The minimum absolute atomic E-state index is 0.0641. The molecule has 2 aromatic carbocycles. The molecule has 8 heteroatoms. The van der Waals surface area contributed by atoms with Crippen LogP contribution < -0.4 is 9.70 Å². The molecule has 2 aliphatic rings. The van der Waals surface area contributed by atoms with Crippen LogP contribution in [-0.2, 0) is 5.41 Å². The Balaban J connectivity index is 1.56. The number of fused-ring (bicyclic) bond motifs is 1. The fourth-order valence-electron chi connectivity index (χ4n) is 5.32. The van der Waals surface area contributed by atoms with E-state index in [1.165, 1.54) is 47.9 Å². The third kappa shape index (κ3) is 4.53. The first-order valence-corrected chi connectivity index (χ1v) is 13.3. The molecule has 186 valence electrons. The van der Waals surface area contributed by atoms with E-state index in [-0.39, 0.29) is 16.0 Å². The highest BCUT2D eigenvalue weighted by Gasteiger charge is 2.37. The van der Waals surface area contributed by atoms with Crippen LogP contribution in [0.15, 0.2) is 75.8 Å². The quantitative estimate of drug-likeness (QED) is 0.227. The van der Waals surface area contributed by atoms with Gasteiger partial charge in [0.15, 0.2) is 0 Å². The number of allylic oxidation sites excluding steroid dienone is 2. The number of likely N-dealkylation sites (N-methyl/N-ethyl adjacent to an activating group) is 1. The summed E-state index contributed by atoms with van der Waals surface area (Å²) in [5.41, 5.74) is 5.13. The molecule has 1 aliphatic heterocycles. The largest absolute Gasteiger partial charge is 0.347 e. The number of anilines is 1. The smallest absolute Gasteiger partial charge is 0.270 e. The molecule has 0 N–H and O–H groups in total. The van der Waals surface area contributed by atoms with Gasteiger partial charge in [0.2, 0.25) is 4.80 Å². The van der Waals surface area contributed by atoms with E-state index in [2.05, 4.69) is 56.1 Å². The van der Waals surface area contributed by atoms with E-state index in [1.54, 1.807) is 12.1 Å². The number of nitro benzene ring substituents is 1. The first-order valence-electron chi connectivity index (χ1n) is 12.4. The van der Waals surface area contributed by atoms with Crippen LogP contribution in [0.4, 0.5) is 11.4 Å².